The van der Waals surface area contributed by atoms with Gasteiger partial charge in [0.15, 0.2) is 0 Å². The van der Waals surface area contributed by atoms with Crippen LogP contribution in [0.25, 0.3) is 0 Å². The van der Waals surface area contributed by atoms with Gasteiger partial charge in [-0.25, -0.2) is 9.97 Å². The van der Waals surface area contributed by atoms with Gasteiger partial charge in [0.25, 0.3) is 0 Å². The Hall–Kier alpha value is -0.960. The van der Waals surface area contributed by atoms with E-state index in [-0.39, 0.29) is 6.04 Å². The van der Waals surface area contributed by atoms with Crippen molar-refractivity contribution in [2.45, 2.75) is 45.6 Å². The molecule has 1 N–H and O–H groups in total. The maximum absolute atomic E-state index is 4.67. The molecule has 2 rings (SSSR count). The molecule has 1 aliphatic rings. The average Bonchev–Trinajstić information content (AvgIpc) is 2.28. The molecular weight excluding hydrogens is 186 g/mol. The fraction of sp³-hybridized carbons (Fsp3) is 0.667. The third-order valence-electron chi connectivity index (χ3n) is 3.23. The molecule has 82 valence electrons. The van der Waals surface area contributed by atoms with E-state index in [0.717, 1.165) is 18.7 Å². The summed E-state index contributed by atoms with van der Waals surface area (Å²) in [5.74, 6) is 0.940. The molecule has 1 aromatic rings. The SMILES string of the molecule is CNC(C)c1nc(C)c2c(n1)CCCC2. The smallest absolute Gasteiger partial charge is 0.145 e. The van der Waals surface area contributed by atoms with Gasteiger partial charge in [-0.2, -0.15) is 0 Å². The van der Waals surface area contributed by atoms with Crippen LogP contribution in [0.5, 0.6) is 0 Å². The van der Waals surface area contributed by atoms with Gasteiger partial charge in [-0.05, 0) is 52.1 Å². The van der Waals surface area contributed by atoms with Crippen LogP contribution < -0.4 is 5.32 Å². The van der Waals surface area contributed by atoms with Crippen LogP contribution >= 0.6 is 0 Å². The van der Waals surface area contributed by atoms with Crippen molar-refractivity contribution in [3.05, 3.63) is 22.8 Å². The Bertz CT molecular complexity index is 360. The van der Waals surface area contributed by atoms with E-state index in [2.05, 4.69) is 29.1 Å². The maximum Gasteiger partial charge on any atom is 0.145 e. The van der Waals surface area contributed by atoms with Gasteiger partial charge in [0.05, 0.1) is 6.04 Å². The zero-order valence-corrected chi connectivity index (χ0v) is 9.80. The first-order chi connectivity index (χ1) is 7.22. The second-order valence-corrected chi connectivity index (χ2v) is 4.31. The Morgan fingerprint density at radius 2 is 1.93 bits per heavy atom. The fourth-order valence-corrected chi connectivity index (χ4v) is 2.13. The molecule has 0 saturated heterocycles. The van der Waals surface area contributed by atoms with Crippen molar-refractivity contribution in [2.75, 3.05) is 7.05 Å². The number of hydrogen-bond donors (Lipinski definition) is 1. The molecule has 0 radical (unpaired) electrons. The molecule has 1 aliphatic carbocycles. The number of fused-ring (bicyclic) bond motifs is 1. The van der Waals surface area contributed by atoms with Crippen molar-refractivity contribution in [2.24, 2.45) is 0 Å². The summed E-state index contributed by atoms with van der Waals surface area (Å²) in [5, 5.41) is 3.19. The summed E-state index contributed by atoms with van der Waals surface area (Å²) in [6.45, 7) is 4.21. The Labute approximate surface area is 91.3 Å². The largest absolute Gasteiger partial charge is 0.311 e. The van der Waals surface area contributed by atoms with E-state index >= 15 is 0 Å². The van der Waals surface area contributed by atoms with Crippen molar-refractivity contribution >= 4 is 0 Å². The Morgan fingerprint density at radius 3 is 2.67 bits per heavy atom. The molecule has 1 aromatic heterocycles. The van der Waals surface area contributed by atoms with Gasteiger partial charge in [-0.1, -0.05) is 0 Å². The van der Waals surface area contributed by atoms with Crippen LogP contribution in [0.3, 0.4) is 0 Å². The van der Waals surface area contributed by atoms with Crippen molar-refractivity contribution < 1.29 is 0 Å². The van der Waals surface area contributed by atoms with Crippen molar-refractivity contribution in [1.29, 1.82) is 0 Å². The highest BCUT2D eigenvalue weighted by Gasteiger charge is 2.17. The number of hydrogen-bond acceptors (Lipinski definition) is 3. The van der Waals surface area contributed by atoms with Crippen molar-refractivity contribution in [3.8, 4) is 0 Å². The Kier molecular flexibility index (Phi) is 3.00. The number of aromatic nitrogens is 2. The van der Waals surface area contributed by atoms with Gasteiger partial charge in [0.1, 0.15) is 5.82 Å². The third kappa shape index (κ3) is 2.02. The van der Waals surface area contributed by atoms with Crippen LogP contribution in [0.15, 0.2) is 0 Å². The minimum atomic E-state index is 0.246. The average molecular weight is 205 g/mol. The molecule has 0 aromatic carbocycles. The fourth-order valence-electron chi connectivity index (χ4n) is 2.13. The summed E-state index contributed by atoms with van der Waals surface area (Å²) in [6.07, 6.45) is 4.85. The quantitative estimate of drug-likeness (QED) is 0.802. The molecule has 3 nitrogen and oxygen atoms in total. The third-order valence-corrected chi connectivity index (χ3v) is 3.23. The van der Waals surface area contributed by atoms with Crippen LogP contribution in [-0.4, -0.2) is 17.0 Å². The summed E-state index contributed by atoms with van der Waals surface area (Å²) in [4.78, 5) is 9.25. The predicted molar refractivity (Wildman–Crippen MR) is 60.9 cm³/mol. The lowest BCUT2D eigenvalue weighted by molar-refractivity contribution is 0.583. The first-order valence-electron chi connectivity index (χ1n) is 5.76. The monoisotopic (exact) mass is 205 g/mol. The Morgan fingerprint density at radius 1 is 1.20 bits per heavy atom. The standard InChI is InChI=1S/C12H19N3/c1-8-10-6-4-5-7-11(10)15-12(14-8)9(2)13-3/h9,13H,4-7H2,1-3H3. The van der Waals surface area contributed by atoms with E-state index in [1.807, 2.05) is 7.05 Å². The van der Waals surface area contributed by atoms with E-state index in [0.29, 0.717) is 0 Å². The van der Waals surface area contributed by atoms with Crippen LogP contribution in [0, 0.1) is 6.92 Å². The predicted octanol–water partition coefficient (Wildman–Crippen LogP) is 1.94. The lowest BCUT2D eigenvalue weighted by Crippen LogP contribution is -2.19. The highest BCUT2D eigenvalue weighted by atomic mass is 15.0. The second-order valence-electron chi connectivity index (χ2n) is 4.31. The first kappa shape index (κ1) is 10.6. The zero-order valence-electron chi connectivity index (χ0n) is 9.80. The van der Waals surface area contributed by atoms with Gasteiger partial charge in [-0.15, -0.1) is 0 Å². The maximum atomic E-state index is 4.67. The highest BCUT2D eigenvalue weighted by Crippen LogP contribution is 2.22. The second kappa shape index (κ2) is 4.27. The number of aryl methyl sites for hydroxylation is 2. The van der Waals surface area contributed by atoms with Gasteiger partial charge in [0, 0.05) is 11.4 Å². The highest BCUT2D eigenvalue weighted by molar-refractivity contribution is 5.27. The molecule has 0 aliphatic heterocycles. The van der Waals surface area contributed by atoms with E-state index < -0.39 is 0 Å². The van der Waals surface area contributed by atoms with E-state index in [4.69, 9.17) is 0 Å². The molecule has 0 fully saturated rings. The first-order valence-corrected chi connectivity index (χ1v) is 5.76. The minimum Gasteiger partial charge on any atom is -0.311 e. The summed E-state index contributed by atoms with van der Waals surface area (Å²) >= 11 is 0. The van der Waals surface area contributed by atoms with Crippen LogP contribution in [-0.2, 0) is 12.8 Å². The lowest BCUT2D eigenvalue weighted by atomic mass is 9.95. The molecule has 0 bridgehead atoms. The molecular formula is C12H19N3. The minimum absolute atomic E-state index is 0.246. The summed E-state index contributed by atoms with van der Waals surface area (Å²) in [7, 11) is 1.95. The van der Waals surface area contributed by atoms with Crippen LogP contribution in [0.1, 0.15) is 48.6 Å². The molecule has 1 atom stereocenters. The normalized spacial score (nSPS) is 17.3. The van der Waals surface area contributed by atoms with Gasteiger partial charge in [-0.3, -0.25) is 0 Å². The van der Waals surface area contributed by atoms with E-state index in [9.17, 15) is 0 Å². The number of nitrogens with zero attached hydrogens (tertiary/aromatic N) is 2. The molecule has 1 heterocycles. The van der Waals surface area contributed by atoms with E-state index in [1.54, 1.807) is 0 Å². The van der Waals surface area contributed by atoms with Crippen molar-refractivity contribution in [3.63, 3.8) is 0 Å². The molecule has 0 spiro atoms. The van der Waals surface area contributed by atoms with Crippen LogP contribution in [0.2, 0.25) is 0 Å². The number of rotatable bonds is 2. The lowest BCUT2D eigenvalue weighted by Gasteiger charge is -2.19. The van der Waals surface area contributed by atoms with Gasteiger partial charge >= 0.3 is 0 Å². The summed E-state index contributed by atoms with van der Waals surface area (Å²) in [5.41, 5.74) is 3.86. The summed E-state index contributed by atoms with van der Waals surface area (Å²) in [6, 6.07) is 0.246. The topological polar surface area (TPSA) is 37.8 Å². The molecule has 3 heteroatoms. The Balaban J connectivity index is 2.40. The molecule has 1 unspecified atom stereocenters. The van der Waals surface area contributed by atoms with Gasteiger partial charge in [0.2, 0.25) is 0 Å². The molecule has 0 amide bonds. The van der Waals surface area contributed by atoms with Crippen LogP contribution in [0.4, 0.5) is 0 Å². The zero-order chi connectivity index (χ0) is 10.8. The summed E-state index contributed by atoms with van der Waals surface area (Å²) < 4.78 is 0. The van der Waals surface area contributed by atoms with E-state index in [1.165, 1.54) is 29.8 Å². The van der Waals surface area contributed by atoms with Crippen molar-refractivity contribution in [1.82, 2.24) is 15.3 Å². The van der Waals surface area contributed by atoms with Gasteiger partial charge < -0.3 is 5.32 Å². The molecule has 15 heavy (non-hydrogen) atoms. The number of nitrogens with one attached hydrogen (secondary N) is 1. The molecule has 0 saturated carbocycles.